The molecule has 0 fully saturated rings. The molecule has 4 nitrogen and oxygen atoms in total. The summed E-state index contributed by atoms with van der Waals surface area (Å²) in [5, 5.41) is 1.07. The fraction of sp³-hybridized carbons (Fsp3) is 0.957. The van der Waals surface area contributed by atoms with Crippen molar-refractivity contribution in [3.8, 4) is 0 Å². The summed E-state index contributed by atoms with van der Waals surface area (Å²) in [6.07, 6.45) is 15.5. The number of carbonyl (C=O) groups is 1. The summed E-state index contributed by atoms with van der Waals surface area (Å²) in [5.74, 6) is -0.108. The fourth-order valence-electron chi connectivity index (χ4n) is 2.92. The fourth-order valence-corrected chi connectivity index (χ4v) is 3.32. The molecule has 0 spiro atoms. The predicted octanol–water partition coefficient (Wildman–Crippen LogP) is 6.83. The lowest BCUT2D eigenvalue weighted by Crippen LogP contribution is -2.28. The maximum absolute atomic E-state index is 12.0. The first-order valence-electron chi connectivity index (χ1n) is 11.7. The Labute approximate surface area is 182 Å². The molecule has 0 amide bonds. The largest absolute Gasteiger partial charge is 0.463 e. The quantitative estimate of drug-likeness (QED) is 0.0999. The highest BCUT2D eigenvalue weighted by atomic mass is 79.9. The highest BCUT2D eigenvalue weighted by Gasteiger charge is 2.13. The summed E-state index contributed by atoms with van der Waals surface area (Å²) in [6, 6.07) is 0. The van der Waals surface area contributed by atoms with Crippen LogP contribution in [0.1, 0.15) is 104 Å². The van der Waals surface area contributed by atoms with Crippen molar-refractivity contribution in [1.82, 2.24) is 0 Å². The van der Waals surface area contributed by atoms with Gasteiger partial charge >= 0.3 is 5.97 Å². The second kappa shape index (κ2) is 23.2. The van der Waals surface area contributed by atoms with E-state index in [1.54, 1.807) is 0 Å². The van der Waals surface area contributed by atoms with Crippen molar-refractivity contribution in [3.05, 3.63) is 0 Å². The molecular weight excluding hydrogens is 420 g/mol. The zero-order valence-corrected chi connectivity index (χ0v) is 20.1. The van der Waals surface area contributed by atoms with Crippen LogP contribution in [0.15, 0.2) is 0 Å². The van der Waals surface area contributed by atoms with E-state index in [9.17, 15) is 4.79 Å². The van der Waals surface area contributed by atoms with Gasteiger partial charge in [-0.25, -0.2) is 0 Å². The minimum atomic E-state index is -0.143. The second-order valence-electron chi connectivity index (χ2n) is 7.58. The maximum atomic E-state index is 12.0. The minimum absolute atomic E-state index is 0.108. The Hall–Kier alpha value is -0.130. The van der Waals surface area contributed by atoms with Gasteiger partial charge in [0.05, 0.1) is 6.61 Å². The van der Waals surface area contributed by atoms with Crippen LogP contribution in [-0.2, 0) is 19.0 Å². The Morgan fingerprint density at radius 1 is 0.750 bits per heavy atom. The molecule has 0 heterocycles. The van der Waals surface area contributed by atoms with Crippen molar-refractivity contribution < 1.29 is 19.0 Å². The summed E-state index contributed by atoms with van der Waals surface area (Å²) in [7, 11) is 0. The number of esters is 1. The Balaban J connectivity index is 3.93. The lowest BCUT2D eigenvalue weighted by Gasteiger charge is -2.18. The molecule has 0 aromatic carbocycles. The van der Waals surface area contributed by atoms with E-state index in [0.29, 0.717) is 19.6 Å². The molecule has 0 aromatic rings. The SMILES string of the molecule is CCCCCCOCC(COC(=O)CCCCCCCBr)OCCCCCC. The van der Waals surface area contributed by atoms with E-state index in [2.05, 4.69) is 29.8 Å². The number of halogens is 1. The predicted molar refractivity (Wildman–Crippen MR) is 121 cm³/mol. The monoisotopic (exact) mass is 464 g/mol. The van der Waals surface area contributed by atoms with Gasteiger partial charge in [0.15, 0.2) is 0 Å². The molecule has 0 aliphatic carbocycles. The summed E-state index contributed by atoms with van der Waals surface area (Å²) >= 11 is 3.44. The number of alkyl halides is 1. The van der Waals surface area contributed by atoms with Crippen molar-refractivity contribution in [2.45, 2.75) is 110 Å². The smallest absolute Gasteiger partial charge is 0.305 e. The highest BCUT2D eigenvalue weighted by molar-refractivity contribution is 9.09. The second-order valence-corrected chi connectivity index (χ2v) is 8.37. The van der Waals surface area contributed by atoms with Gasteiger partial charge in [0.1, 0.15) is 12.7 Å². The van der Waals surface area contributed by atoms with Crippen LogP contribution in [0.4, 0.5) is 0 Å². The number of carbonyl (C=O) groups excluding carboxylic acids is 1. The van der Waals surface area contributed by atoms with E-state index < -0.39 is 0 Å². The number of ether oxygens (including phenoxy) is 3. The third-order valence-electron chi connectivity index (χ3n) is 4.74. The van der Waals surface area contributed by atoms with Crippen molar-refractivity contribution in [2.24, 2.45) is 0 Å². The molecule has 0 radical (unpaired) electrons. The molecule has 0 rings (SSSR count). The zero-order valence-electron chi connectivity index (χ0n) is 18.5. The third kappa shape index (κ3) is 20.6. The van der Waals surface area contributed by atoms with Crippen LogP contribution in [0.25, 0.3) is 0 Å². The minimum Gasteiger partial charge on any atom is -0.463 e. The first kappa shape index (κ1) is 27.9. The van der Waals surface area contributed by atoms with Crippen LogP contribution in [0.3, 0.4) is 0 Å². The molecule has 0 bridgehead atoms. The molecule has 0 aliphatic heterocycles. The molecule has 0 aromatic heterocycles. The molecule has 1 atom stereocenters. The number of rotatable bonds is 22. The van der Waals surface area contributed by atoms with Crippen molar-refractivity contribution >= 4 is 21.9 Å². The topological polar surface area (TPSA) is 44.8 Å². The third-order valence-corrected chi connectivity index (χ3v) is 5.30. The summed E-state index contributed by atoms with van der Waals surface area (Å²) < 4.78 is 17.2. The number of unbranched alkanes of at least 4 members (excludes halogenated alkanes) is 10. The van der Waals surface area contributed by atoms with Crippen LogP contribution in [0.2, 0.25) is 0 Å². The van der Waals surface area contributed by atoms with Crippen LogP contribution in [-0.4, -0.2) is 43.8 Å². The van der Waals surface area contributed by atoms with E-state index in [4.69, 9.17) is 14.2 Å². The highest BCUT2D eigenvalue weighted by Crippen LogP contribution is 2.08. The van der Waals surface area contributed by atoms with E-state index in [-0.39, 0.29) is 12.1 Å². The normalized spacial score (nSPS) is 12.2. The first-order chi connectivity index (χ1) is 13.7. The molecule has 1 unspecified atom stereocenters. The Morgan fingerprint density at radius 3 is 2.04 bits per heavy atom. The first-order valence-corrected chi connectivity index (χ1v) is 12.8. The average Bonchev–Trinajstić information content (AvgIpc) is 2.70. The lowest BCUT2D eigenvalue weighted by molar-refractivity contribution is -0.150. The zero-order chi connectivity index (χ0) is 20.7. The molecule has 0 saturated carbocycles. The summed E-state index contributed by atoms with van der Waals surface area (Å²) in [4.78, 5) is 12.0. The van der Waals surface area contributed by atoms with E-state index in [0.717, 1.165) is 44.2 Å². The molecule has 5 heteroatoms. The van der Waals surface area contributed by atoms with Crippen molar-refractivity contribution in [3.63, 3.8) is 0 Å². The Kier molecular flexibility index (Phi) is 23.0. The number of hydrogen-bond acceptors (Lipinski definition) is 4. The van der Waals surface area contributed by atoms with Crippen LogP contribution in [0, 0.1) is 0 Å². The lowest BCUT2D eigenvalue weighted by atomic mass is 10.1. The van der Waals surface area contributed by atoms with Gasteiger partial charge in [-0.3, -0.25) is 4.79 Å². The van der Waals surface area contributed by atoms with Gasteiger partial charge in [0.25, 0.3) is 0 Å². The van der Waals surface area contributed by atoms with E-state index >= 15 is 0 Å². The van der Waals surface area contributed by atoms with Gasteiger partial charge in [0, 0.05) is 25.0 Å². The average molecular weight is 466 g/mol. The van der Waals surface area contributed by atoms with E-state index in [1.165, 1.54) is 57.8 Å². The van der Waals surface area contributed by atoms with Gasteiger partial charge in [0.2, 0.25) is 0 Å². The van der Waals surface area contributed by atoms with Crippen molar-refractivity contribution in [1.29, 1.82) is 0 Å². The molecule has 28 heavy (non-hydrogen) atoms. The number of hydrogen-bond donors (Lipinski definition) is 0. The van der Waals surface area contributed by atoms with Crippen molar-refractivity contribution in [2.75, 3.05) is 31.8 Å². The van der Waals surface area contributed by atoms with E-state index in [1.807, 2.05) is 0 Å². The Bertz CT molecular complexity index is 326. The molecule has 0 aliphatic rings. The van der Waals surface area contributed by atoms with Gasteiger partial charge in [-0.1, -0.05) is 87.6 Å². The standard InChI is InChI=1S/C23H45BrO4/c1-3-5-7-14-18-26-20-22(27-19-15-8-6-4-2)21-28-23(25)16-12-10-9-11-13-17-24/h22H,3-21H2,1-2H3. The van der Waals surface area contributed by atoms with Gasteiger partial charge in [-0.05, 0) is 25.7 Å². The van der Waals surface area contributed by atoms with Gasteiger partial charge < -0.3 is 14.2 Å². The molecular formula is C23H45BrO4. The van der Waals surface area contributed by atoms with Crippen LogP contribution < -0.4 is 0 Å². The van der Waals surface area contributed by atoms with Gasteiger partial charge in [-0.15, -0.1) is 0 Å². The molecule has 0 N–H and O–H groups in total. The maximum Gasteiger partial charge on any atom is 0.305 e. The van der Waals surface area contributed by atoms with Crippen LogP contribution >= 0.6 is 15.9 Å². The van der Waals surface area contributed by atoms with Gasteiger partial charge in [-0.2, -0.15) is 0 Å². The summed E-state index contributed by atoms with van der Waals surface area (Å²) in [6.45, 7) is 6.72. The molecule has 0 saturated heterocycles. The summed E-state index contributed by atoms with van der Waals surface area (Å²) in [5.41, 5.74) is 0. The van der Waals surface area contributed by atoms with Crippen LogP contribution in [0.5, 0.6) is 0 Å². The molecule has 168 valence electrons. The Morgan fingerprint density at radius 2 is 1.36 bits per heavy atom.